The lowest BCUT2D eigenvalue weighted by Gasteiger charge is -2.38. The van der Waals surface area contributed by atoms with Gasteiger partial charge in [-0.15, -0.1) is 0 Å². The standard InChI is InChI=1S/C17H30N2O4/c1-13(2)23-16(21)18-6-3-15(4-7-18)19-9-14-5-8-22-12-17(14,10-19)11-20/h13-15,20H,3-12H2,1-2H3/t14-,17+/m0/s1. The van der Waals surface area contributed by atoms with Crippen LogP contribution in [0, 0.1) is 11.3 Å². The van der Waals surface area contributed by atoms with Crippen molar-refractivity contribution in [3.05, 3.63) is 0 Å². The molecule has 6 heteroatoms. The molecule has 3 rings (SSSR count). The molecule has 3 aliphatic heterocycles. The van der Waals surface area contributed by atoms with Crippen LogP contribution in [0.25, 0.3) is 0 Å². The van der Waals surface area contributed by atoms with Gasteiger partial charge in [-0.1, -0.05) is 0 Å². The number of carbonyl (C=O) groups is 1. The number of hydrogen-bond acceptors (Lipinski definition) is 5. The van der Waals surface area contributed by atoms with E-state index in [1.54, 1.807) is 0 Å². The lowest BCUT2D eigenvalue weighted by Crippen LogP contribution is -2.47. The largest absolute Gasteiger partial charge is 0.447 e. The minimum atomic E-state index is -0.186. The van der Waals surface area contributed by atoms with Gasteiger partial charge in [-0.3, -0.25) is 4.90 Å². The zero-order valence-corrected chi connectivity index (χ0v) is 14.4. The Morgan fingerprint density at radius 1 is 1.35 bits per heavy atom. The van der Waals surface area contributed by atoms with Gasteiger partial charge in [-0.05, 0) is 39.0 Å². The quantitative estimate of drug-likeness (QED) is 0.848. The molecule has 0 saturated carbocycles. The van der Waals surface area contributed by atoms with Crippen molar-refractivity contribution in [1.29, 1.82) is 0 Å². The molecular formula is C17H30N2O4. The third-order valence-electron chi connectivity index (χ3n) is 5.73. The van der Waals surface area contributed by atoms with Gasteiger partial charge in [0.25, 0.3) is 0 Å². The van der Waals surface area contributed by atoms with Crippen LogP contribution < -0.4 is 0 Å². The highest BCUT2D eigenvalue weighted by Crippen LogP contribution is 2.42. The molecule has 0 unspecified atom stereocenters. The first kappa shape index (κ1) is 17.0. The molecule has 0 aliphatic carbocycles. The van der Waals surface area contributed by atoms with Gasteiger partial charge in [0.2, 0.25) is 0 Å². The van der Waals surface area contributed by atoms with Gasteiger partial charge in [0.15, 0.2) is 0 Å². The number of amides is 1. The molecule has 3 aliphatic rings. The zero-order valence-electron chi connectivity index (χ0n) is 14.4. The van der Waals surface area contributed by atoms with Crippen LogP contribution in [0.15, 0.2) is 0 Å². The van der Waals surface area contributed by atoms with E-state index < -0.39 is 0 Å². The van der Waals surface area contributed by atoms with Crippen molar-refractivity contribution in [1.82, 2.24) is 9.80 Å². The molecule has 0 aromatic rings. The maximum Gasteiger partial charge on any atom is 0.410 e. The summed E-state index contributed by atoms with van der Waals surface area (Å²) in [5.74, 6) is 0.546. The number of rotatable bonds is 3. The van der Waals surface area contributed by atoms with Crippen LogP contribution in [0.1, 0.15) is 33.1 Å². The summed E-state index contributed by atoms with van der Waals surface area (Å²) in [4.78, 5) is 16.3. The Labute approximate surface area is 138 Å². The minimum absolute atomic E-state index is 0.0635. The van der Waals surface area contributed by atoms with Crippen LogP contribution in [-0.2, 0) is 9.47 Å². The molecule has 3 heterocycles. The third kappa shape index (κ3) is 3.49. The lowest BCUT2D eigenvalue weighted by atomic mass is 9.76. The van der Waals surface area contributed by atoms with Crippen LogP contribution in [-0.4, -0.2) is 79.1 Å². The fraction of sp³-hybridized carbons (Fsp3) is 0.941. The summed E-state index contributed by atoms with van der Waals surface area (Å²) in [6.07, 6.45) is 2.78. The second kappa shape index (κ2) is 6.95. The van der Waals surface area contributed by atoms with E-state index in [2.05, 4.69) is 4.90 Å². The molecule has 0 bridgehead atoms. The monoisotopic (exact) mass is 326 g/mol. The SMILES string of the molecule is CC(C)OC(=O)N1CCC(N2C[C@@H]3CCOC[C@]3(CO)C2)CC1. The summed E-state index contributed by atoms with van der Waals surface area (Å²) >= 11 is 0. The molecule has 3 saturated heterocycles. The molecule has 0 radical (unpaired) electrons. The zero-order chi connectivity index (χ0) is 16.4. The highest BCUT2D eigenvalue weighted by atomic mass is 16.6. The number of aliphatic hydroxyl groups excluding tert-OH is 1. The second-order valence-corrected chi connectivity index (χ2v) is 7.64. The Balaban J connectivity index is 1.53. The molecule has 23 heavy (non-hydrogen) atoms. The van der Waals surface area contributed by atoms with E-state index in [1.165, 1.54) is 0 Å². The van der Waals surface area contributed by atoms with Crippen LogP contribution in [0.2, 0.25) is 0 Å². The summed E-state index contributed by atoms with van der Waals surface area (Å²) in [6, 6.07) is 0.507. The molecule has 1 amide bonds. The molecule has 0 spiro atoms. The average molecular weight is 326 g/mol. The summed E-state index contributed by atoms with van der Waals surface area (Å²) in [6.45, 7) is 9.00. The van der Waals surface area contributed by atoms with Gasteiger partial charge in [0, 0.05) is 44.2 Å². The van der Waals surface area contributed by atoms with Gasteiger partial charge < -0.3 is 19.5 Å². The van der Waals surface area contributed by atoms with Gasteiger partial charge in [0.1, 0.15) is 0 Å². The maximum absolute atomic E-state index is 12.0. The first-order chi connectivity index (χ1) is 11.0. The Morgan fingerprint density at radius 2 is 2.09 bits per heavy atom. The molecule has 2 atom stereocenters. The van der Waals surface area contributed by atoms with Crippen molar-refractivity contribution in [3.63, 3.8) is 0 Å². The Hall–Kier alpha value is -0.850. The first-order valence-electron chi connectivity index (χ1n) is 8.92. The molecule has 0 aromatic carbocycles. The van der Waals surface area contributed by atoms with E-state index in [0.717, 1.165) is 52.0 Å². The number of carbonyl (C=O) groups excluding carboxylic acids is 1. The van der Waals surface area contributed by atoms with Crippen LogP contribution in [0.4, 0.5) is 4.79 Å². The van der Waals surface area contributed by atoms with E-state index in [-0.39, 0.29) is 24.2 Å². The molecule has 0 aromatic heterocycles. The first-order valence-corrected chi connectivity index (χ1v) is 8.92. The number of piperidine rings is 1. The minimum Gasteiger partial charge on any atom is -0.447 e. The van der Waals surface area contributed by atoms with E-state index in [1.807, 2.05) is 18.7 Å². The summed E-state index contributed by atoms with van der Waals surface area (Å²) in [7, 11) is 0. The van der Waals surface area contributed by atoms with E-state index >= 15 is 0 Å². The third-order valence-corrected chi connectivity index (χ3v) is 5.73. The van der Waals surface area contributed by atoms with Gasteiger partial charge in [0.05, 0.1) is 19.3 Å². The van der Waals surface area contributed by atoms with Crippen molar-refractivity contribution in [2.24, 2.45) is 11.3 Å². The highest BCUT2D eigenvalue weighted by molar-refractivity contribution is 5.67. The fourth-order valence-electron chi connectivity index (χ4n) is 4.33. The normalized spacial score (nSPS) is 33.0. The second-order valence-electron chi connectivity index (χ2n) is 7.64. The molecule has 6 nitrogen and oxygen atoms in total. The molecule has 1 N–H and O–H groups in total. The predicted octanol–water partition coefficient (Wildman–Crippen LogP) is 1.33. The highest BCUT2D eigenvalue weighted by Gasteiger charge is 2.49. The Kier molecular flexibility index (Phi) is 5.13. The predicted molar refractivity (Wildman–Crippen MR) is 86.2 cm³/mol. The van der Waals surface area contributed by atoms with Crippen LogP contribution in [0.3, 0.4) is 0 Å². The molecule has 132 valence electrons. The molecule has 3 fully saturated rings. The van der Waals surface area contributed by atoms with Crippen molar-refractivity contribution in [2.75, 3.05) is 46.0 Å². The van der Waals surface area contributed by atoms with E-state index in [0.29, 0.717) is 18.6 Å². The van der Waals surface area contributed by atoms with Crippen LogP contribution in [0.5, 0.6) is 0 Å². The van der Waals surface area contributed by atoms with Crippen LogP contribution >= 0.6 is 0 Å². The number of fused-ring (bicyclic) bond motifs is 1. The topological polar surface area (TPSA) is 62.2 Å². The summed E-state index contributed by atoms with van der Waals surface area (Å²) < 4.78 is 10.9. The lowest BCUT2D eigenvalue weighted by molar-refractivity contribution is -0.0568. The van der Waals surface area contributed by atoms with Crippen molar-refractivity contribution < 1.29 is 19.4 Å². The summed E-state index contributed by atoms with van der Waals surface area (Å²) in [5, 5.41) is 9.89. The number of hydrogen-bond donors (Lipinski definition) is 1. The Morgan fingerprint density at radius 3 is 2.70 bits per heavy atom. The average Bonchev–Trinajstić information content (AvgIpc) is 2.94. The maximum atomic E-state index is 12.0. The molecular weight excluding hydrogens is 296 g/mol. The van der Waals surface area contributed by atoms with Crippen molar-refractivity contribution in [3.8, 4) is 0 Å². The van der Waals surface area contributed by atoms with Gasteiger partial charge in [-0.25, -0.2) is 4.79 Å². The van der Waals surface area contributed by atoms with Crippen molar-refractivity contribution in [2.45, 2.75) is 45.3 Å². The Bertz CT molecular complexity index is 423. The number of aliphatic hydroxyl groups is 1. The summed E-state index contributed by atoms with van der Waals surface area (Å²) in [5.41, 5.74) is -0.0635. The van der Waals surface area contributed by atoms with Crippen molar-refractivity contribution >= 4 is 6.09 Å². The van der Waals surface area contributed by atoms with Gasteiger partial charge in [-0.2, -0.15) is 0 Å². The smallest absolute Gasteiger partial charge is 0.410 e. The van der Waals surface area contributed by atoms with Gasteiger partial charge >= 0.3 is 6.09 Å². The number of ether oxygens (including phenoxy) is 2. The number of nitrogens with zero attached hydrogens (tertiary/aromatic N) is 2. The van der Waals surface area contributed by atoms with E-state index in [4.69, 9.17) is 9.47 Å². The fourth-order valence-corrected chi connectivity index (χ4v) is 4.33. The van der Waals surface area contributed by atoms with E-state index in [9.17, 15) is 9.90 Å². The number of likely N-dealkylation sites (tertiary alicyclic amines) is 2.